The van der Waals surface area contributed by atoms with Crippen molar-refractivity contribution in [1.82, 2.24) is 0 Å². The van der Waals surface area contributed by atoms with Crippen molar-refractivity contribution in [3.63, 3.8) is 0 Å². The number of benzene rings is 1. The molecular weight excluding hydrogens is 233 g/mol. The van der Waals surface area contributed by atoms with Crippen molar-refractivity contribution in [3.8, 4) is 0 Å². The second kappa shape index (κ2) is 7.34. The third-order valence-electron chi connectivity index (χ3n) is 2.88. The van der Waals surface area contributed by atoms with Crippen molar-refractivity contribution >= 4 is 5.69 Å². The Hall–Kier alpha value is -1.13. The van der Waals surface area contributed by atoms with Crippen LogP contribution in [0.15, 0.2) is 18.2 Å². The van der Waals surface area contributed by atoms with E-state index in [1.165, 1.54) is 6.07 Å². The molecule has 0 aromatic heterocycles. The molecule has 1 N–H and O–H groups in total. The number of halogens is 1. The molecule has 0 aliphatic heterocycles. The lowest BCUT2D eigenvalue weighted by Gasteiger charge is -2.27. The normalized spacial score (nSPS) is 12.5. The van der Waals surface area contributed by atoms with E-state index in [2.05, 4.69) is 0 Å². The first-order chi connectivity index (χ1) is 8.61. The van der Waals surface area contributed by atoms with Crippen LogP contribution in [0, 0.1) is 5.82 Å². The number of likely N-dealkylation sites (N-methyl/N-ethyl adjacent to an activating group) is 1. The highest BCUT2D eigenvalue weighted by Crippen LogP contribution is 2.29. The largest absolute Gasteiger partial charge is 0.389 e. The zero-order valence-electron chi connectivity index (χ0n) is 11.3. The Morgan fingerprint density at radius 1 is 1.39 bits per heavy atom. The Balaban J connectivity index is 2.96. The number of aliphatic hydroxyl groups excluding tert-OH is 1. The monoisotopic (exact) mass is 255 g/mol. The van der Waals surface area contributed by atoms with Crippen LogP contribution in [-0.4, -0.2) is 31.4 Å². The van der Waals surface area contributed by atoms with Crippen molar-refractivity contribution < 1.29 is 14.2 Å². The summed E-state index contributed by atoms with van der Waals surface area (Å²) in [5.41, 5.74) is 1.10. The molecule has 1 aromatic rings. The Kier molecular flexibility index (Phi) is 6.09. The number of nitrogens with zero attached hydrogens (tertiary/aromatic N) is 1. The van der Waals surface area contributed by atoms with Crippen LogP contribution in [0.4, 0.5) is 10.1 Å². The van der Waals surface area contributed by atoms with Gasteiger partial charge in [-0.15, -0.1) is 0 Å². The number of para-hydroxylation sites is 1. The highest BCUT2D eigenvalue weighted by molar-refractivity contribution is 5.55. The molecule has 0 heterocycles. The van der Waals surface area contributed by atoms with E-state index < -0.39 is 6.10 Å². The second-order valence-corrected chi connectivity index (χ2v) is 4.13. The minimum Gasteiger partial charge on any atom is -0.389 e. The molecule has 18 heavy (non-hydrogen) atoms. The summed E-state index contributed by atoms with van der Waals surface area (Å²) in [6.45, 7) is 8.04. The minimum absolute atomic E-state index is 0.299. The van der Waals surface area contributed by atoms with Crippen molar-refractivity contribution in [2.24, 2.45) is 0 Å². The summed E-state index contributed by atoms with van der Waals surface area (Å²) < 4.78 is 19.3. The van der Waals surface area contributed by atoms with Gasteiger partial charge in [-0.3, -0.25) is 0 Å². The fourth-order valence-electron chi connectivity index (χ4n) is 1.95. The molecule has 0 aliphatic carbocycles. The molecule has 0 saturated carbocycles. The van der Waals surface area contributed by atoms with Gasteiger partial charge in [-0.05, 0) is 26.8 Å². The zero-order valence-corrected chi connectivity index (χ0v) is 11.3. The fourth-order valence-corrected chi connectivity index (χ4v) is 1.95. The maximum absolute atomic E-state index is 14.0. The molecular formula is C14H22FNO2. The molecule has 0 fully saturated rings. The SMILES string of the molecule is CCOCCN(CC)c1c(F)cccc1[C@H](C)O. The molecule has 3 nitrogen and oxygen atoms in total. The molecule has 0 amide bonds. The fraction of sp³-hybridized carbons (Fsp3) is 0.571. The number of aliphatic hydroxyl groups is 1. The summed E-state index contributed by atoms with van der Waals surface area (Å²) >= 11 is 0. The smallest absolute Gasteiger partial charge is 0.146 e. The van der Waals surface area contributed by atoms with E-state index in [1.54, 1.807) is 19.1 Å². The van der Waals surface area contributed by atoms with Gasteiger partial charge in [0, 0.05) is 25.3 Å². The standard InChI is InChI=1S/C14H22FNO2/c1-4-16(9-10-18-5-2)14-12(11(3)17)7-6-8-13(14)15/h6-8,11,17H,4-5,9-10H2,1-3H3/t11-/m0/s1. The van der Waals surface area contributed by atoms with Crippen molar-refractivity contribution in [1.29, 1.82) is 0 Å². The van der Waals surface area contributed by atoms with Gasteiger partial charge in [-0.25, -0.2) is 4.39 Å². The van der Waals surface area contributed by atoms with Crippen LogP contribution in [-0.2, 0) is 4.74 Å². The summed E-state index contributed by atoms with van der Waals surface area (Å²) in [6.07, 6.45) is -0.683. The number of hydrogen-bond acceptors (Lipinski definition) is 3. The Bertz CT molecular complexity index is 369. The molecule has 1 atom stereocenters. The predicted molar refractivity (Wildman–Crippen MR) is 71.4 cm³/mol. The first-order valence-electron chi connectivity index (χ1n) is 6.40. The van der Waals surface area contributed by atoms with Crippen molar-refractivity contribution in [2.75, 3.05) is 31.2 Å². The van der Waals surface area contributed by atoms with Crippen LogP contribution in [0.3, 0.4) is 0 Å². The van der Waals surface area contributed by atoms with Crippen LogP contribution in [0.25, 0.3) is 0 Å². The van der Waals surface area contributed by atoms with E-state index in [-0.39, 0.29) is 5.82 Å². The lowest BCUT2D eigenvalue weighted by Crippen LogP contribution is -2.29. The first-order valence-corrected chi connectivity index (χ1v) is 6.40. The lowest BCUT2D eigenvalue weighted by molar-refractivity contribution is 0.153. The van der Waals surface area contributed by atoms with Crippen LogP contribution < -0.4 is 4.90 Å². The van der Waals surface area contributed by atoms with E-state index in [1.807, 2.05) is 18.7 Å². The Morgan fingerprint density at radius 3 is 2.67 bits per heavy atom. The average molecular weight is 255 g/mol. The molecule has 0 unspecified atom stereocenters. The van der Waals surface area contributed by atoms with Gasteiger partial charge in [0.05, 0.1) is 18.4 Å². The molecule has 0 radical (unpaired) electrons. The number of hydrogen-bond donors (Lipinski definition) is 1. The Labute approximate surface area is 108 Å². The molecule has 0 saturated heterocycles. The summed E-state index contributed by atoms with van der Waals surface area (Å²) in [7, 11) is 0. The van der Waals surface area contributed by atoms with Gasteiger partial charge in [0.2, 0.25) is 0 Å². The van der Waals surface area contributed by atoms with Crippen LogP contribution in [0.2, 0.25) is 0 Å². The molecule has 0 spiro atoms. The molecule has 0 aliphatic rings. The van der Waals surface area contributed by atoms with E-state index >= 15 is 0 Å². The van der Waals surface area contributed by atoms with Gasteiger partial charge < -0.3 is 14.7 Å². The van der Waals surface area contributed by atoms with Crippen LogP contribution in [0.5, 0.6) is 0 Å². The van der Waals surface area contributed by atoms with E-state index in [4.69, 9.17) is 4.74 Å². The third-order valence-corrected chi connectivity index (χ3v) is 2.88. The zero-order chi connectivity index (χ0) is 13.5. The molecule has 0 bridgehead atoms. The van der Waals surface area contributed by atoms with E-state index in [9.17, 15) is 9.50 Å². The van der Waals surface area contributed by atoms with Gasteiger partial charge in [0.15, 0.2) is 0 Å². The topological polar surface area (TPSA) is 32.7 Å². The van der Waals surface area contributed by atoms with Gasteiger partial charge in [-0.1, -0.05) is 12.1 Å². The highest BCUT2D eigenvalue weighted by atomic mass is 19.1. The number of rotatable bonds is 7. The minimum atomic E-state index is -0.683. The maximum Gasteiger partial charge on any atom is 0.146 e. The maximum atomic E-state index is 14.0. The van der Waals surface area contributed by atoms with E-state index in [0.717, 1.165) is 0 Å². The average Bonchev–Trinajstić information content (AvgIpc) is 2.35. The summed E-state index contributed by atoms with van der Waals surface area (Å²) in [4.78, 5) is 1.90. The second-order valence-electron chi connectivity index (χ2n) is 4.13. The third kappa shape index (κ3) is 3.68. The molecule has 4 heteroatoms. The predicted octanol–water partition coefficient (Wildman–Crippen LogP) is 2.74. The number of anilines is 1. The summed E-state index contributed by atoms with van der Waals surface area (Å²) in [5.74, 6) is -0.299. The van der Waals surface area contributed by atoms with Gasteiger partial charge >= 0.3 is 0 Å². The van der Waals surface area contributed by atoms with Gasteiger partial charge in [0.25, 0.3) is 0 Å². The van der Waals surface area contributed by atoms with Crippen molar-refractivity contribution in [2.45, 2.75) is 26.9 Å². The lowest BCUT2D eigenvalue weighted by atomic mass is 10.1. The summed E-state index contributed by atoms with van der Waals surface area (Å²) in [5, 5.41) is 9.72. The summed E-state index contributed by atoms with van der Waals surface area (Å²) in [6, 6.07) is 4.80. The number of ether oxygens (including phenoxy) is 1. The molecule has 1 rings (SSSR count). The van der Waals surface area contributed by atoms with Gasteiger partial charge in [-0.2, -0.15) is 0 Å². The van der Waals surface area contributed by atoms with Crippen LogP contribution >= 0.6 is 0 Å². The Morgan fingerprint density at radius 2 is 2.11 bits per heavy atom. The van der Waals surface area contributed by atoms with Crippen molar-refractivity contribution in [3.05, 3.63) is 29.6 Å². The first kappa shape index (κ1) is 14.9. The van der Waals surface area contributed by atoms with E-state index in [0.29, 0.717) is 37.6 Å². The van der Waals surface area contributed by atoms with Crippen LogP contribution in [0.1, 0.15) is 32.4 Å². The van der Waals surface area contributed by atoms with Gasteiger partial charge in [0.1, 0.15) is 5.82 Å². The molecule has 102 valence electrons. The highest BCUT2D eigenvalue weighted by Gasteiger charge is 2.17. The quantitative estimate of drug-likeness (QED) is 0.760. The molecule has 1 aromatic carbocycles.